The fourth-order valence-electron chi connectivity index (χ4n) is 1.01. The van der Waals surface area contributed by atoms with Crippen molar-refractivity contribution in [2.45, 2.75) is 46.6 Å². The molecular weight excluding hydrogens is 124 g/mol. The van der Waals surface area contributed by atoms with Gasteiger partial charge < -0.3 is 4.74 Å². The Kier molecular flexibility index (Phi) is 3.95. The van der Waals surface area contributed by atoms with E-state index in [-0.39, 0.29) is 0 Å². The van der Waals surface area contributed by atoms with Gasteiger partial charge in [-0.05, 0) is 18.8 Å². The first kappa shape index (κ1) is 9.96. The highest BCUT2D eigenvalue weighted by Gasteiger charge is 2.17. The minimum absolute atomic E-state index is 0.398. The normalized spacial score (nSPS) is 15.3. The quantitative estimate of drug-likeness (QED) is 0.589. The third kappa shape index (κ3) is 3.89. The van der Waals surface area contributed by atoms with Gasteiger partial charge in [0.25, 0.3) is 0 Å². The summed E-state index contributed by atoms with van der Waals surface area (Å²) in [5.74, 6) is 0. The lowest BCUT2D eigenvalue weighted by molar-refractivity contribution is 0.0742. The fourth-order valence-corrected chi connectivity index (χ4v) is 1.01. The summed E-state index contributed by atoms with van der Waals surface area (Å²) in [7, 11) is 1.77. The zero-order valence-electron chi connectivity index (χ0n) is 7.90. The Morgan fingerprint density at radius 2 is 1.90 bits per heavy atom. The molecule has 10 heavy (non-hydrogen) atoms. The molecule has 0 saturated heterocycles. The molecule has 0 aliphatic carbocycles. The molecule has 1 atom stereocenters. The number of methoxy groups -OCH3 is 1. The molecule has 0 aromatic rings. The summed E-state index contributed by atoms with van der Waals surface area (Å²) in [4.78, 5) is 0. The molecule has 0 aromatic heterocycles. The van der Waals surface area contributed by atoms with Crippen LogP contribution in [-0.2, 0) is 4.74 Å². The molecule has 0 fully saturated rings. The van der Waals surface area contributed by atoms with Crippen LogP contribution in [0.5, 0.6) is 0 Å². The van der Waals surface area contributed by atoms with Crippen molar-refractivity contribution >= 4 is 0 Å². The van der Waals surface area contributed by atoms with Gasteiger partial charge in [0.1, 0.15) is 0 Å². The molecule has 0 spiro atoms. The largest absolute Gasteiger partial charge is 0.382 e. The van der Waals surface area contributed by atoms with Crippen LogP contribution in [0.2, 0.25) is 0 Å². The summed E-state index contributed by atoms with van der Waals surface area (Å²) >= 11 is 0. The van der Waals surface area contributed by atoms with Crippen molar-refractivity contribution in [1.82, 2.24) is 0 Å². The SMILES string of the molecule is CCC(C)(C)C[C@H](C)OC. The van der Waals surface area contributed by atoms with E-state index in [0.29, 0.717) is 11.5 Å². The van der Waals surface area contributed by atoms with Crippen molar-refractivity contribution in [2.75, 3.05) is 7.11 Å². The van der Waals surface area contributed by atoms with Crippen LogP contribution in [0.3, 0.4) is 0 Å². The molecule has 0 unspecified atom stereocenters. The predicted octanol–water partition coefficient (Wildman–Crippen LogP) is 2.85. The summed E-state index contributed by atoms with van der Waals surface area (Å²) < 4.78 is 5.19. The van der Waals surface area contributed by atoms with Crippen LogP contribution >= 0.6 is 0 Å². The van der Waals surface area contributed by atoms with E-state index in [1.165, 1.54) is 6.42 Å². The summed E-state index contributed by atoms with van der Waals surface area (Å²) in [6.07, 6.45) is 2.77. The van der Waals surface area contributed by atoms with Crippen LogP contribution in [0, 0.1) is 5.41 Å². The highest BCUT2D eigenvalue weighted by atomic mass is 16.5. The zero-order valence-corrected chi connectivity index (χ0v) is 7.90. The van der Waals surface area contributed by atoms with Crippen molar-refractivity contribution in [1.29, 1.82) is 0 Å². The minimum Gasteiger partial charge on any atom is -0.382 e. The van der Waals surface area contributed by atoms with E-state index in [0.717, 1.165) is 6.42 Å². The second-order valence-corrected chi connectivity index (χ2v) is 3.77. The van der Waals surface area contributed by atoms with Gasteiger partial charge in [0, 0.05) is 7.11 Å². The number of rotatable bonds is 4. The van der Waals surface area contributed by atoms with E-state index in [1.807, 2.05) is 0 Å². The molecule has 0 aliphatic rings. The average Bonchev–Trinajstić information content (AvgIpc) is 1.87. The van der Waals surface area contributed by atoms with Crippen LogP contribution in [0.15, 0.2) is 0 Å². The van der Waals surface area contributed by atoms with Gasteiger partial charge in [0.05, 0.1) is 6.10 Å². The lowest BCUT2D eigenvalue weighted by Crippen LogP contribution is -2.18. The van der Waals surface area contributed by atoms with Gasteiger partial charge in [-0.3, -0.25) is 0 Å². The Morgan fingerprint density at radius 1 is 1.40 bits per heavy atom. The first-order chi connectivity index (χ1) is 4.52. The number of hydrogen-bond acceptors (Lipinski definition) is 1. The van der Waals surface area contributed by atoms with Gasteiger partial charge in [0.15, 0.2) is 0 Å². The van der Waals surface area contributed by atoms with Gasteiger partial charge in [-0.1, -0.05) is 27.2 Å². The van der Waals surface area contributed by atoms with E-state index in [4.69, 9.17) is 4.74 Å². The standard InChI is InChI=1S/C9H20O/c1-6-9(3,4)7-8(2)10-5/h8H,6-7H2,1-5H3/t8-/m0/s1. The molecule has 0 radical (unpaired) electrons. The van der Waals surface area contributed by atoms with Gasteiger partial charge in [-0.25, -0.2) is 0 Å². The van der Waals surface area contributed by atoms with E-state index < -0.39 is 0 Å². The Balaban J connectivity index is 3.64. The van der Waals surface area contributed by atoms with E-state index in [9.17, 15) is 0 Å². The third-order valence-electron chi connectivity index (χ3n) is 2.20. The highest BCUT2D eigenvalue weighted by molar-refractivity contribution is 4.69. The Labute approximate surface area is 64.8 Å². The summed E-state index contributed by atoms with van der Waals surface area (Å²) in [6, 6.07) is 0. The predicted molar refractivity (Wildman–Crippen MR) is 45.2 cm³/mol. The van der Waals surface area contributed by atoms with Crippen molar-refractivity contribution in [2.24, 2.45) is 5.41 Å². The van der Waals surface area contributed by atoms with Crippen molar-refractivity contribution in [3.05, 3.63) is 0 Å². The monoisotopic (exact) mass is 144 g/mol. The van der Waals surface area contributed by atoms with E-state index in [2.05, 4.69) is 27.7 Å². The molecular formula is C9H20O. The van der Waals surface area contributed by atoms with Gasteiger partial charge in [-0.15, -0.1) is 0 Å². The zero-order chi connectivity index (χ0) is 8.20. The summed E-state index contributed by atoms with van der Waals surface area (Å²) in [5.41, 5.74) is 0.440. The topological polar surface area (TPSA) is 9.23 Å². The Hall–Kier alpha value is -0.0400. The van der Waals surface area contributed by atoms with E-state index >= 15 is 0 Å². The van der Waals surface area contributed by atoms with Crippen LogP contribution in [0.25, 0.3) is 0 Å². The van der Waals surface area contributed by atoms with Crippen LogP contribution in [0.1, 0.15) is 40.5 Å². The molecule has 1 heteroatoms. The first-order valence-electron chi connectivity index (χ1n) is 4.04. The molecule has 0 bridgehead atoms. The summed E-state index contributed by atoms with van der Waals surface area (Å²) in [6.45, 7) is 8.91. The fraction of sp³-hybridized carbons (Fsp3) is 1.00. The number of ether oxygens (including phenoxy) is 1. The van der Waals surface area contributed by atoms with Gasteiger partial charge >= 0.3 is 0 Å². The van der Waals surface area contributed by atoms with Crippen molar-refractivity contribution in [3.63, 3.8) is 0 Å². The van der Waals surface area contributed by atoms with Gasteiger partial charge in [-0.2, -0.15) is 0 Å². The molecule has 1 nitrogen and oxygen atoms in total. The van der Waals surface area contributed by atoms with Crippen molar-refractivity contribution in [3.8, 4) is 0 Å². The molecule has 0 saturated carbocycles. The maximum atomic E-state index is 5.19. The molecule has 62 valence electrons. The molecule has 0 amide bonds. The molecule has 0 N–H and O–H groups in total. The summed E-state index contributed by atoms with van der Waals surface area (Å²) in [5, 5.41) is 0. The molecule has 0 rings (SSSR count). The maximum absolute atomic E-state index is 5.19. The highest BCUT2D eigenvalue weighted by Crippen LogP contribution is 2.26. The lowest BCUT2D eigenvalue weighted by Gasteiger charge is -2.25. The first-order valence-corrected chi connectivity index (χ1v) is 4.04. The van der Waals surface area contributed by atoms with Crippen LogP contribution in [-0.4, -0.2) is 13.2 Å². The third-order valence-corrected chi connectivity index (χ3v) is 2.20. The van der Waals surface area contributed by atoms with Crippen LogP contribution in [0.4, 0.5) is 0 Å². The second-order valence-electron chi connectivity index (χ2n) is 3.77. The minimum atomic E-state index is 0.398. The molecule has 0 heterocycles. The maximum Gasteiger partial charge on any atom is 0.0548 e. The van der Waals surface area contributed by atoms with E-state index in [1.54, 1.807) is 7.11 Å². The molecule has 0 aliphatic heterocycles. The smallest absolute Gasteiger partial charge is 0.0548 e. The molecule has 0 aromatic carbocycles. The van der Waals surface area contributed by atoms with Gasteiger partial charge in [0.2, 0.25) is 0 Å². The Morgan fingerprint density at radius 3 is 2.20 bits per heavy atom. The Bertz CT molecular complexity index is 86.7. The number of hydrogen-bond donors (Lipinski definition) is 0. The second kappa shape index (κ2) is 3.97. The van der Waals surface area contributed by atoms with Crippen LogP contribution < -0.4 is 0 Å². The lowest BCUT2D eigenvalue weighted by atomic mass is 9.84. The average molecular weight is 144 g/mol. The van der Waals surface area contributed by atoms with Crippen molar-refractivity contribution < 1.29 is 4.74 Å².